The number of aromatic nitrogens is 1. The topological polar surface area (TPSA) is 72.0 Å². The lowest BCUT2D eigenvalue weighted by Crippen LogP contribution is -2.40. The Labute approximate surface area is 175 Å². The molecule has 0 saturated carbocycles. The van der Waals surface area contributed by atoms with Crippen molar-refractivity contribution in [2.24, 2.45) is 0 Å². The van der Waals surface area contributed by atoms with E-state index in [4.69, 9.17) is 9.47 Å². The predicted octanol–water partition coefficient (Wildman–Crippen LogP) is 2.48. The van der Waals surface area contributed by atoms with Gasteiger partial charge < -0.3 is 14.4 Å². The lowest BCUT2D eigenvalue weighted by Gasteiger charge is -2.29. The van der Waals surface area contributed by atoms with E-state index < -0.39 is 0 Å². The van der Waals surface area contributed by atoms with Gasteiger partial charge in [-0.25, -0.2) is 0 Å². The molecule has 4 rings (SSSR count). The molecule has 0 spiro atoms. The van der Waals surface area contributed by atoms with Crippen LogP contribution < -0.4 is 4.74 Å². The highest BCUT2D eigenvalue weighted by atomic mass is 16.5. The maximum Gasteiger partial charge on any atom is 0.278 e. The molecular formula is C23H25N3O4. The van der Waals surface area contributed by atoms with E-state index >= 15 is 0 Å². The fourth-order valence-corrected chi connectivity index (χ4v) is 3.66. The molecule has 0 unspecified atom stereocenters. The first-order valence-corrected chi connectivity index (χ1v) is 10.2. The van der Waals surface area contributed by atoms with Crippen LogP contribution in [0.15, 0.2) is 54.5 Å². The Bertz CT molecular complexity index is 935. The van der Waals surface area contributed by atoms with Crippen LogP contribution in [0.25, 0.3) is 5.57 Å². The number of morpholine rings is 1. The molecule has 3 heterocycles. The molecule has 7 heteroatoms. The molecule has 1 saturated heterocycles. The maximum absolute atomic E-state index is 13.4. The molecule has 1 aromatic carbocycles. The Morgan fingerprint density at radius 2 is 1.83 bits per heavy atom. The van der Waals surface area contributed by atoms with Crippen LogP contribution >= 0.6 is 0 Å². The van der Waals surface area contributed by atoms with Crippen molar-refractivity contribution < 1.29 is 19.1 Å². The number of ether oxygens (including phenoxy) is 2. The number of hydrogen-bond donors (Lipinski definition) is 0. The van der Waals surface area contributed by atoms with Gasteiger partial charge in [-0.3, -0.25) is 19.5 Å². The number of nitrogens with zero attached hydrogens (tertiary/aromatic N) is 3. The molecule has 30 heavy (non-hydrogen) atoms. The molecule has 2 aromatic rings. The first-order valence-electron chi connectivity index (χ1n) is 10.2. The van der Waals surface area contributed by atoms with Gasteiger partial charge in [0, 0.05) is 25.5 Å². The maximum atomic E-state index is 13.4. The third kappa shape index (κ3) is 4.07. The molecule has 2 aliphatic heterocycles. The van der Waals surface area contributed by atoms with E-state index in [1.165, 1.54) is 4.90 Å². The summed E-state index contributed by atoms with van der Waals surface area (Å²) in [5.41, 5.74) is 2.42. The minimum absolute atomic E-state index is 0.195. The van der Waals surface area contributed by atoms with Crippen molar-refractivity contribution in [2.75, 3.05) is 32.9 Å². The van der Waals surface area contributed by atoms with Gasteiger partial charge in [0.05, 0.1) is 31.9 Å². The standard InChI is InChI=1S/C23H25N3O4/c1-2-12-30-19-7-5-18(6-8-19)20-21(25-10-13-29-14-11-25)23(28)26(22(20)27)16-17-4-3-9-24-15-17/h3-9,15H,2,10-14,16H2,1H3. The summed E-state index contributed by atoms with van der Waals surface area (Å²) >= 11 is 0. The van der Waals surface area contributed by atoms with Crippen molar-refractivity contribution in [1.82, 2.24) is 14.8 Å². The number of carbonyl (C=O) groups is 2. The summed E-state index contributed by atoms with van der Waals surface area (Å²) in [6, 6.07) is 11.0. The van der Waals surface area contributed by atoms with Gasteiger partial charge in [0.15, 0.2) is 0 Å². The third-order valence-corrected chi connectivity index (χ3v) is 5.15. The van der Waals surface area contributed by atoms with Crippen molar-refractivity contribution in [3.8, 4) is 5.75 Å². The number of rotatable bonds is 7. The predicted molar refractivity (Wildman–Crippen MR) is 111 cm³/mol. The molecule has 156 valence electrons. The third-order valence-electron chi connectivity index (χ3n) is 5.15. The summed E-state index contributed by atoms with van der Waals surface area (Å²) in [6.45, 7) is 5.10. The van der Waals surface area contributed by atoms with Gasteiger partial charge >= 0.3 is 0 Å². The zero-order valence-corrected chi connectivity index (χ0v) is 17.0. The molecule has 1 fully saturated rings. The van der Waals surface area contributed by atoms with E-state index in [1.807, 2.05) is 42.2 Å². The second-order valence-electron chi connectivity index (χ2n) is 7.25. The molecule has 7 nitrogen and oxygen atoms in total. The SMILES string of the molecule is CCCOc1ccc(C2=C(N3CCOCC3)C(=O)N(Cc3cccnc3)C2=O)cc1. The monoisotopic (exact) mass is 407 g/mol. The summed E-state index contributed by atoms with van der Waals surface area (Å²) in [6.07, 6.45) is 4.26. The number of carbonyl (C=O) groups excluding carboxylic acids is 2. The van der Waals surface area contributed by atoms with Crippen molar-refractivity contribution >= 4 is 17.4 Å². The van der Waals surface area contributed by atoms with E-state index in [0.29, 0.717) is 49.7 Å². The Morgan fingerprint density at radius 3 is 2.50 bits per heavy atom. The molecular weight excluding hydrogens is 382 g/mol. The number of imide groups is 1. The fraction of sp³-hybridized carbons (Fsp3) is 0.348. The molecule has 0 N–H and O–H groups in total. The van der Waals surface area contributed by atoms with Crippen LogP contribution in [0.1, 0.15) is 24.5 Å². The fourth-order valence-electron chi connectivity index (χ4n) is 3.66. The highest BCUT2D eigenvalue weighted by molar-refractivity contribution is 6.35. The number of amides is 2. The minimum atomic E-state index is -0.285. The van der Waals surface area contributed by atoms with Gasteiger partial charge in [0.1, 0.15) is 11.4 Å². The Balaban J connectivity index is 1.67. The van der Waals surface area contributed by atoms with Crippen LogP contribution in [0.2, 0.25) is 0 Å². The van der Waals surface area contributed by atoms with Gasteiger partial charge in [-0.1, -0.05) is 25.1 Å². The molecule has 2 amide bonds. The summed E-state index contributed by atoms with van der Waals surface area (Å²) in [5, 5.41) is 0. The number of pyridine rings is 1. The summed E-state index contributed by atoms with van der Waals surface area (Å²) in [7, 11) is 0. The van der Waals surface area contributed by atoms with Gasteiger partial charge in [-0.15, -0.1) is 0 Å². The number of hydrogen-bond acceptors (Lipinski definition) is 6. The Hall–Kier alpha value is -3.19. The second kappa shape index (κ2) is 9.09. The van der Waals surface area contributed by atoms with Crippen LogP contribution in [-0.2, 0) is 20.9 Å². The lowest BCUT2D eigenvalue weighted by molar-refractivity contribution is -0.138. The van der Waals surface area contributed by atoms with E-state index in [-0.39, 0.29) is 18.4 Å². The summed E-state index contributed by atoms with van der Waals surface area (Å²) < 4.78 is 11.1. The normalized spacial score (nSPS) is 17.1. The van der Waals surface area contributed by atoms with Crippen molar-refractivity contribution in [3.05, 3.63) is 65.6 Å². The smallest absolute Gasteiger partial charge is 0.278 e. The van der Waals surface area contributed by atoms with Crippen molar-refractivity contribution in [2.45, 2.75) is 19.9 Å². The minimum Gasteiger partial charge on any atom is -0.494 e. The highest BCUT2D eigenvalue weighted by Gasteiger charge is 2.41. The second-order valence-corrected chi connectivity index (χ2v) is 7.25. The quantitative estimate of drug-likeness (QED) is 0.657. The first-order chi connectivity index (χ1) is 14.7. The Morgan fingerprint density at radius 1 is 1.07 bits per heavy atom. The molecule has 0 radical (unpaired) electrons. The average molecular weight is 407 g/mol. The zero-order valence-electron chi connectivity index (χ0n) is 17.0. The van der Waals surface area contributed by atoms with Gasteiger partial charge in [0.2, 0.25) is 0 Å². The molecule has 0 aliphatic carbocycles. The van der Waals surface area contributed by atoms with Crippen molar-refractivity contribution in [1.29, 1.82) is 0 Å². The van der Waals surface area contributed by atoms with E-state index in [9.17, 15) is 9.59 Å². The molecule has 1 aromatic heterocycles. The Kier molecular flexibility index (Phi) is 6.09. The number of benzene rings is 1. The van der Waals surface area contributed by atoms with E-state index in [2.05, 4.69) is 4.98 Å². The van der Waals surface area contributed by atoms with Gasteiger partial charge in [-0.2, -0.15) is 0 Å². The summed E-state index contributed by atoms with van der Waals surface area (Å²) in [4.78, 5) is 34.1. The lowest BCUT2D eigenvalue weighted by atomic mass is 10.0. The largest absolute Gasteiger partial charge is 0.494 e. The van der Waals surface area contributed by atoms with Gasteiger partial charge in [-0.05, 0) is 35.7 Å². The average Bonchev–Trinajstić information content (AvgIpc) is 3.04. The summed E-state index contributed by atoms with van der Waals surface area (Å²) in [5.74, 6) is 0.192. The molecule has 0 atom stereocenters. The molecule has 2 aliphatic rings. The first kappa shape index (κ1) is 20.1. The van der Waals surface area contributed by atoms with Crippen molar-refractivity contribution in [3.63, 3.8) is 0 Å². The zero-order chi connectivity index (χ0) is 20.9. The van der Waals surface area contributed by atoms with E-state index in [0.717, 1.165) is 17.7 Å². The van der Waals surface area contributed by atoms with Crippen LogP contribution in [0.3, 0.4) is 0 Å². The highest BCUT2D eigenvalue weighted by Crippen LogP contribution is 2.33. The van der Waals surface area contributed by atoms with Crippen LogP contribution in [0, 0.1) is 0 Å². The molecule has 0 bridgehead atoms. The van der Waals surface area contributed by atoms with Crippen LogP contribution in [0.5, 0.6) is 5.75 Å². The van der Waals surface area contributed by atoms with Crippen LogP contribution in [0.4, 0.5) is 0 Å². The van der Waals surface area contributed by atoms with Crippen LogP contribution in [-0.4, -0.2) is 59.5 Å². The van der Waals surface area contributed by atoms with E-state index in [1.54, 1.807) is 18.5 Å². The van der Waals surface area contributed by atoms with Gasteiger partial charge in [0.25, 0.3) is 11.8 Å².